The van der Waals surface area contributed by atoms with Gasteiger partial charge in [0, 0.05) is 39.7 Å². The first-order chi connectivity index (χ1) is 12.0. The number of methoxy groups -OCH3 is 1. The maximum absolute atomic E-state index is 12.6. The predicted octanol–water partition coefficient (Wildman–Crippen LogP) is 0.434. The number of hydrogen-bond donors (Lipinski definition) is 0. The van der Waals surface area contributed by atoms with Crippen molar-refractivity contribution in [1.82, 2.24) is 14.8 Å². The third-order valence-electron chi connectivity index (χ3n) is 4.49. The van der Waals surface area contributed by atoms with Crippen LogP contribution in [0.1, 0.15) is 18.5 Å². The molecule has 0 saturated carbocycles. The van der Waals surface area contributed by atoms with Gasteiger partial charge in [-0.1, -0.05) is 11.2 Å². The number of nitrogens with zero attached hydrogens (tertiary/aromatic N) is 4. The van der Waals surface area contributed by atoms with E-state index in [2.05, 4.69) is 10.1 Å². The number of hydrogen-bond acceptors (Lipinski definition) is 6. The van der Waals surface area contributed by atoms with Crippen molar-refractivity contribution >= 4 is 17.5 Å². The van der Waals surface area contributed by atoms with Crippen LogP contribution in [0.5, 0.6) is 0 Å². The summed E-state index contributed by atoms with van der Waals surface area (Å²) in [6.07, 6.45) is 2.77. The van der Waals surface area contributed by atoms with Crippen molar-refractivity contribution < 1.29 is 19.2 Å². The molecule has 1 spiro atoms. The van der Waals surface area contributed by atoms with Gasteiger partial charge in [0.2, 0.25) is 5.91 Å². The zero-order valence-electron chi connectivity index (χ0n) is 14.5. The lowest BCUT2D eigenvalue weighted by Gasteiger charge is -2.22. The van der Waals surface area contributed by atoms with E-state index in [9.17, 15) is 9.59 Å². The fraction of sp³-hybridized carbons (Fsp3) is 0.529. The highest BCUT2D eigenvalue weighted by Gasteiger charge is 2.48. The van der Waals surface area contributed by atoms with Crippen molar-refractivity contribution in [3.63, 3.8) is 0 Å². The zero-order valence-corrected chi connectivity index (χ0v) is 14.5. The maximum Gasteiger partial charge on any atom is 0.271 e. The van der Waals surface area contributed by atoms with Crippen molar-refractivity contribution in [3.8, 4) is 0 Å². The predicted molar refractivity (Wildman–Crippen MR) is 89.7 cm³/mol. The van der Waals surface area contributed by atoms with E-state index < -0.39 is 5.60 Å². The lowest BCUT2D eigenvalue weighted by atomic mass is 9.96. The number of rotatable bonds is 5. The summed E-state index contributed by atoms with van der Waals surface area (Å²) < 4.78 is 4.89. The molecule has 0 bridgehead atoms. The normalized spacial score (nSPS) is 22.0. The summed E-state index contributed by atoms with van der Waals surface area (Å²) >= 11 is 0. The van der Waals surface area contributed by atoms with Crippen LogP contribution in [0, 0.1) is 0 Å². The van der Waals surface area contributed by atoms with Crippen molar-refractivity contribution in [2.45, 2.75) is 25.0 Å². The number of ether oxygens (including phenoxy) is 1. The molecule has 25 heavy (non-hydrogen) atoms. The Morgan fingerprint density at radius 1 is 1.44 bits per heavy atom. The minimum atomic E-state index is -0.583. The zero-order chi connectivity index (χ0) is 17.9. The standard InChI is InChI=1S/C17H22N4O4/c1-20(10-13-5-3-4-7-18-13)16(23)14-9-17(25-19-14)6-8-21(12-17)15(22)11-24-2/h3-5,7H,6,8-12H2,1-2H3. The first-order valence-corrected chi connectivity index (χ1v) is 8.20. The van der Waals surface area contributed by atoms with E-state index in [-0.39, 0.29) is 18.4 Å². The molecule has 1 saturated heterocycles. The van der Waals surface area contributed by atoms with Crippen molar-refractivity contribution in [2.75, 3.05) is 33.9 Å². The Hall–Kier alpha value is -2.48. The number of amides is 2. The number of likely N-dealkylation sites (tertiary alicyclic amines) is 1. The van der Waals surface area contributed by atoms with E-state index in [0.717, 1.165) is 5.69 Å². The second kappa shape index (κ2) is 7.18. The molecule has 0 aliphatic carbocycles. The molecule has 1 fully saturated rings. The number of aromatic nitrogens is 1. The molecule has 0 radical (unpaired) electrons. The number of pyridine rings is 1. The fourth-order valence-electron chi connectivity index (χ4n) is 3.15. The van der Waals surface area contributed by atoms with Crippen molar-refractivity contribution in [3.05, 3.63) is 30.1 Å². The van der Waals surface area contributed by atoms with Gasteiger partial charge in [-0.2, -0.15) is 0 Å². The number of oxime groups is 1. The van der Waals surface area contributed by atoms with Crippen molar-refractivity contribution in [1.29, 1.82) is 0 Å². The molecule has 1 aromatic heterocycles. The topological polar surface area (TPSA) is 84.3 Å². The Bertz CT molecular complexity index is 678. The highest BCUT2D eigenvalue weighted by Crippen LogP contribution is 2.34. The molecular weight excluding hydrogens is 324 g/mol. The Labute approximate surface area is 146 Å². The maximum atomic E-state index is 12.6. The SMILES string of the molecule is COCC(=O)N1CCC2(CC(C(=O)N(C)Cc3ccccn3)=NO2)C1. The summed E-state index contributed by atoms with van der Waals surface area (Å²) in [4.78, 5) is 37.6. The van der Waals surface area contributed by atoms with E-state index in [0.29, 0.717) is 38.2 Å². The summed E-state index contributed by atoms with van der Waals surface area (Å²) in [6.45, 7) is 1.47. The third-order valence-corrected chi connectivity index (χ3v) is 4.49. The lowest BCUT2D eigenvalue weighted by Crippen LogP contribution is -2.39. The Morgan fingerprint density at radius 3 is 3.00 bits per heavy atom. The van der Waals surface area contributed by atoms with Crippen LogP contribution >= 0.6 is 0 Å². The van der Waals surface area contributed by atoms with Gasteiger partial charge >= 0.3 is 0 Å². The summed E-state index contributed by atoms with van der Waals surface area (Å²) in [5.41, 5.74) is 0.615. The van der Waals surface area contributed by atoms with Gasteiger partial charge in [-0.25, -0.2) is 0 Å². The van der Waals surface area contributed by atoms with Crippen LogP contribution in [0.15, 0.2) is 29.6 Å². The van der Waals surface area contributed by atoms with Gasteiger partial charge in [0.25, 0.3) is 5.91 Å². The molecule has 1 aromatic rings. The van der Waals surface area contributed by atoms with Crippen LogP contribution in [0.4, 0.5) is 0 Å². The van der Waals surface area contributed by atoms with Crippen LogP contribution in [-0.4, -0.2) is 71.8 Å². The highest BCUT2D eigenvalue weighted by atomic mass is 16.7. The Kier molecular flexibility index (Phi) is 4.98. The monoisotopic (exact) mass is 346 g/mol. The first-order valence-electron chi connectivity index (χ1n) is 8.20. The molecule has 0 N–H and O–H groups in total. The summed E-state index contributed by atoms with van der Waals surface area (Å²) in [7, 11) is 3.21. The van der Waals surface area contributed by atoms with Gasteiger partial charge in [0.1, 0.15) is 12.3 Å². The van der Waals surface area contributed by atoms with E-state index in [1.807, 2.05) is 18.2 Å². The Morgan fingerprint density at radius 2 is 2.28 bits per heavy atom. The molecule has 2 aliphatic rings. The third kappa shape index (κ3) is 3.79. The smallest absolute Gasteiger partial charge is 0.271 e. The minimum Gasteiger partial charge on any atom is -0.386 e. The number of carbonyl (C=O) groups excluding carboxylic acids is 2. The van der Waals surface area contributed by atoms with Crippen molar-refractivity contribution in [2.24, 2.45) is 5.16 Å². The quantitative estimate of drug-likeness (QED) is 0.772. The van der Waals surface area contributed by atoms with E-state index in [1.165, 1.54) is 7.11 Å². The van der Waals surface area contributed by atoms with E-state index in [4.69, 9.17) is 9.57 Å². The molecule has 0 aromatic carbocycles. The molecule has 2 aliphatic heterocycles. The van der Waals surface area contributed by atoms with Gasteiger partial charge < -0.3 is 19.4 Å². The first kappa shape index (κ1) is 17.3. The van der Waals surface area contributed by atoms with Crippen LogP contribution in [0.2, 0.25) is 0 Å². The summed E-state index contributed by atoms with van der Waals surface area (Å²) in [6, 6.07) is 5.59. The van der Waals surface area contributed by atoms with E-state index in [1.54, 1.807) is 23.0 Å². The molecule has 8 nitrogen and oxygen atoms in total. The second-order valence-electron chi connectivity index (χ2n) is 6.47. The van der Waals surface area contributed by atoms with Gasteiger partial charge in [-0.05, 0) is 12.1 Å². The van der Waals surface area contributed by atoms with Gasteiger partial charge in [-0.15, -0.1) is 0 Å². The molecule has 8 heteroatoms. The lowest BCUT2D eigenvalue weighted by molar-refractivity contribution is -0.135. The average Bonchev–Trinajstić information content (AvgIpc) is 3.23. The van der Waals surface area contributed by atoms with E-state index >= 15 is 0 Å². The average molecular weight is 346 g/mol. The van der Waals surface area contributed by atoms with Gasteiger partial charge in [-0.3, -0.25) is 14.6 Å². The van der Waals surface area contributed by atoms with Crippen LogP contribution < -0.4 is 0 Å². The molecule has 3 heterocycles. The second-order valence-corrected chi connectivity index (χ2v) is 6.47. The highest BCUT2D eigenvalue weighted by molar-refractivity contribution is 6.39. The molecule has 134 valence electrons. The van der Waals surface area contributed by atoms with Crippen LogP contribution in [0.3, 0.4) is 0 Å². The summed E-state index contributed by atoms with van der Waals surface area (Å²) in [5.74, 6) is -0.251. The van der Waals surface area contributed by atoms with Crippen LogP contribution in [-0.2, 0) is 25.7 Å². The van der Waals surface area contributed by atoms with Gasteiger partial charge in [0.15, 0.2) is 5.60 Å². The molecular formula is C17H22N4O4. The fourth-order valence-corrected chi connectivity index (χ4v) is 3.15. The Balaban J connectivity index is 1.57. The molecule has 1 unspecified atom stereocenters. The van der Waals surface area contributed by atoms with Crippen LogP contribution in [0.25, 0.3) is 0 Å². The minimum absolute atomic E-state index is 0.0511. The molecule has 3 rings (SSSR count). The molecule has 1 atom stereocenters. The van der Waals surface area contributed by atoms with Gasteiger partial charge in [0.05, 0.1) is 18.8 Å². The molecule has 2 amide bonds. The largest absolute Gasteiger partial charge is 0.386 e. The number of carbonyl (C=O) groups is 2. The summed E-state index contributed by atoms with van der Waals surface area (Å²) in [5, 5.41) is 4.01.